The normalized spacial score (nSPS) is 11.8. The van der Waals surface area contributed by atoms with Gasteiger partial charge in [0.25, 0.3) is 6.01 Å². The van der Waals surface area contributed by atoms with Crippen LogP contribution >= 0.6 is 11.6 Å². The van der Waals surface area contributed by atoms with Gasteiger partial charge in [-0.05, 0) is 60.9 Å². The molecule has 0 fully saturated rings. The maximum absolute atomic E-state index is 11.4. The van der Waals surface area contributed by atoms with E-state index >= 15 is 0 Å². The van der Waals surface area contributed by atoms with Crippen molar-refractivity contribution in [1.29, 1.82) is 0 Å². The fourth-order valence-corrected chi connectivity index (χ4v) is 3.83. The highest BCUT2D eigenvalue weighted by molar-refractivity contribution is 6.30. The van der Waals surface area contributed by atoms with Gasteiger partial charge in [0.2, 0.25) is 0 Å². The van der Waals surface area contributed by atoms with Crippen LogP contribution in [0.2, 0.25) is 5.02 Å². The molecule has 7 nitrogen and oxygen atoms in total. The number of carboxylic acid groups (broad SMARTS) is 1. The highest BCUT2D eigenvalue weighted by Crippen LogP contribution is 2.25. The van der Waals surface area contributed by atoms with E-state index < -0.39 is 12.1 Å². The third-order valence-electron chi connectivity index (χ3n) is 5.39. The fraction of sp³-hybridized carbons (Fsp3) is 0.259. The number of halogens is 1. The summed E-state index contributed by atoms with van der Waals surface area (Å²) in [6, 6.07) is 22.9. The van der Waals surface area contributed by atoms with Crippen molar-refractivity contribution in [2.75, 3.05) is 18.1 Å². The molecule has 0 saturated carbocycles. The predicted molar refractivity (Wildman–Crippen MR) is 135 cm³/mol. The summed E-state index contributed by atoms with van der Waals surface area (Å²) in [5.41, 5.74) is 2.44. The number of fused-ring (bicyclic) bond motifs is 1. The number of aliphatic carboxylic acids is 1. The van der Waals surface area contributed by atoms with E-state index in [-0.39, 0.29) is 0 Å². The lowest BCUT2D eigenvalue weighted by Crippen LogP contribution is -2.27. The number of hydrogen-bond acceptors (Lipinski definition) is 6. The second-order valence-electron chi connectivity index (χ2n) is 8.05. The van der Waals surface area contributed by atoms with Crippen molar-refractivity contribution >= 4 is 34.7 Å². The second kappa shape index (κ2) is 11.6. The molecule has 4 aromatic rings. The Morgan fingerprint density at radius 2 is 1.89 bits per heavy atom. The number of carboxylic acids is 1. The van der Waals surface area contributed by atoms with Crippen LogP contribution in [0.1, 0.15) is 25.3 Å². The minimum Gasteiger partial charge on any atom is -0.493 e. The van der Waals surface area contributed by atoms with Gasteiger partial charge in [-0.1, -0.05) is 48.9 Å². The number of benzene rings is 3. The van der Waals surface area contributed by atoms with Crippen LogP contribution in [0.5, 0.6) is 11.5 Å². The van der Waals surface area contributed by atoms with Crippen molar-refractivity contribution in [2.24, 2.45) is 0 Å². The molecule has 1 heterocycles. The maximum atomic E-state index is 11.4. The molecule has 182 valence electrons. The molecule has 0 saturated heterocycles. The first kappa shape index (κ1) is 24.4. The third-order valence-corrected chi connectivity index (χ3v) is 5.62. The fourth-order valence-electron chi connectivity index (χ4n) is 3.65. The molecule has 0 aliphatic heterocycles. The van der Waals surface area contributed by atoms with Crippen molar-refractivity contribution in [3.63, 3.8) is 0 Å². The molecule has 0 aliphatic carbocycles. The first-order chi connectivity index (χ1) is 17.0. The lowest BCUT2D eigenvalue weighted by Gasteiger charge is -2.21. The van der Waals surface area contributed by atoms with Gasteiger partial charge in [-0.25, -0.2) is 4.79 Å². The van der Waals surface area contributed by atoms with Crippen molar-refractivity contribution in [2.45, 2.75) is 32.4 Å². The Hall–Kier alpha value is -3.71. The van der Waals surface area contributed by atoms with E-state index in [1.807, 2.05) is 59.5 Å². The number of carbonyl (C=O) groups is 1. The zero-order valence-electron chi connectivity index (χ0n) is 19.4. The lowest BCUT2D eigenvalue weighted by atomic mass is 10.2. The number of nitrogens with zero attached hydrogens (tertiary/aromatic N) is 2. The Balaban J connectivity index is 1.48. The van der Waals surface area contributed by atoms with Gasteiger partial charge < -0.3 is 23.9 Å². The highest BCUT2D eigenvalue weighted by Gasteiger charge is 2.18. The number of oxazole rings is 1. The van der Waals surface area contributed by atoms with E-state index in [1.165, 1.54) is 0 Å². The van der Waals surface area contributed by atoms with Gasteiger partial charge in [-0.2, -0.15) is 4.98 Å². The molecule has 1 aromatic heterocycles. The summed E-state index contributed by atoms with van der Waals surface area (Å²) in [7, 11) is 0. The summed E-state index contributed by atoms with van der Waals surface area (Å²) in [5.74, 6) is 0.254. The van der Waals surface area contributed by atoms with E-state index in [4.69, 9.17) is 25.5 Å². The molecule has 0 aliphatic rings. The van der Waals surface area contributed by atoms with E-state index in [0.717, 1.165) is 23.3 Å². The Kier molecular flexibility index (Phi) is 8.11. The van der Waals surface area contributed by atoms with Crippen LogP contribution in [0, 0.1) is 0 Å². The summed E-state index contributed by atoms with van der Waals surface area (Å²) < 4.78 is 17.5. The number of ether oxygens (including phenoxy) is 2. The molecule has 3 aromatic carbocycles. The van der Waals surface area contributed by atoms with E-state index in [1.54, 1.807) is 25.1 Å². The highest BCUT2D eigenvalue weighted by atomic mass is 35.5. The van der Waals surface area contributed by atoms with Crippen LogP contribution in [0.4, 0.5) is 6.01 Å². The van der Waals surface area contributed by atoms with Crippen molar-refractivity contribution in [3.05, 3.63) is 83.4 Å². The lowest BCUT2D eigenvalue weighted by molar-refractivity contribution is -0.145. The molecule has 35 heavy (non-hydrogen) atoms. The van der Waals surface area contributed by atoms with Gasteiger partial charge in [0.1, 0.15) is 17.0 Å². The zero-order valence-corrected chi connectivity index (χ0v) is 20.1. The van der Waals surface area contributed by atoms with Crippen LogP contribution in [0.15, 0.2) is 77.2 Å². The standard InChI is InChI=1S/C27H27ClN2O5/c1-2-24(26(31)32)34-22-11-5-8-19(16-22)18-30(27-29-23-12-3-4-13-25(23)35-27)14-7-15-33-21-10-6-9-20(28)17-21/h3-6,8-13,16-17,24H,2,7,14-15,18H2,1H3,(H,31,32)/t24-/m1/s1. The molecule has 0 radical (unpaired) electrons. The first-order valence-electron chi connectivity index (χ1n) is 11.5. The Bertz CT molecular complexity index is 1240. The minimum absolute atomic E-state index is 0.376. The first-order valence-corrected chi connectivity index (χ1v) is 11.9. The topological polar surface area (TPSA) is 85.0 Å². The van der Waals surface area contributed by atoms with Gasteiger partial charge in [0.15, 0.2) is 11.7 Å². The monoisotopic (exact) mass is 494 g/mol. The van der Waals surface area contributed by atoms with Crippen molar-refractivity contribution in [1.82, 2.24) is 4.98 Å². The predicted octanol–water partition coefficient (Wildman–Crippen LogP) is 6.20. The molecule has 0 bridgehead atoms. The molecule has 1 atom stereocenters. The van der Waals surface area contributed by atoms with Crippen molar-refractivity contribution in [3.8, 4) is 11.5 Å². The van der Waals surface area contributed by atoms with E-state index in [2.05, 4.69) is 4.98 Å². The van der Waals surface area contributed by atoms with Crippen molar-refractivity contribution < 1.29 is 23.8 Å². The van der Waals surface area contributed by atoms with Crippen LogP contribution in [-0.4, -0.2) is 35.3 Å². The van der Waals surface area contributed by atoms with E-state index in [0.29, 0.717) is 48.5 Å². The third kappa shape index (κ3) is 6.67. The number of rotatable bonds is 12. The molecule has 8 heteroatoms. The molecule has 1 N–H and O–H groups in total. The largest absolute Gasteiger partial charge is 0.493 e. The van der Waals surface area contributed by atoms with Crippen LogP contribution in [0.25, 0.3) is 11.1 Å². The average Bonchev–Trinajstić information content (AvgIpc) is 3.29. The number of aromatic nitrogens is 1. The van der Waals surface area contributed by atoms with Crippen LogP contribution in [0.3, 0.4) is 0 Å². The molecular formula is C27H27ClN2O5. The maximum Gasteiger partial charge on any atom is 0.344 e. The van der Waals surface area contributed by atoms with Gasteiger partial charge in [-0.15, -0.1) is 0 Å². The summed E-state index contributed by atoms with van der Waals surface area (Å²) in [4.78, 5) is 18.1. The minimum atomic E-state index is -0.981. The molecule has 4 rings (SSSR count). The number of hydrogen-bond donors (Lipinski definition) is 1. The van der Waals surface area contributed by atoms with E-state index in [9.17, 15) is 9.90 Å². The summed E-state index contributed by atoms with van der Waals surface area (Å²) in [6.45, 7) is 3.41. The summed E-state index contributed by atoms with van der Waals surface area (Å²) in [5, 5.41) is 9.94. The second-order valence-corrected chi connectivity index (χ2v) is 8.48. The zero-order chi connectivity index (χ0) is 24.6. The summed E-state index contributed by atoms with van der Waals surface area (Å²) >= 11 is 6.04. The Morgan fingerprint density at radius 3 is 2.66 bits per heavy atom. The number of para-hydroxylation sites is 2. The van der Waals surface area contributed by atoms with Crippen LogP contribution in [-0.2, 0) is 11.3 Å². The average molecular weight is 495 g/mol. The Morgan fingerprint density at radius 1 is 1.09 bits per heavy atom. The number of anilines is 1. The SMILES string of the molecule is CC[C@@H](Oc1cccc(CN(CCCOc2cccc(Cl)c2)c2nc3ccccc3o2)c1)C(=O)O. The molecule has 0 amide bonds. The smallest absolute Gasteiger partial charge is 0.344 e. The van der Waals surface area contributed by atoms with Gasteiger partial charge in [-0.3, -0.25) is 0 Å². The quantitative estimate of drug-likeness (QED) is 0.235. The van der Waals surface area contributed by atoms with Gasteiger partial charge in [0, 0.05) is 18.1 Å². The Labute approximate surface area is 208 Å². The van der Waals surface area contributed by atoms with Gasteiger partial charge in [0.05, 0.1) is 6.61 Å². The van der Waals surface area contributed by atoms with Crippen LogP contribution < -0.4 is 14.4 Å². The molecular weight excluding hydrogens is 468 g/mol. The molecule has 0 spiro atoms. The van der Waals surface area contributed by atoms with Gasteiger partial charge >= 0.3 is 5.97 Å². The summed E-state index contributed by atoms with van der Waals surface area (Å²) in [6.07, 6.45) is 0.210. The molecule has 0 unspecified atom stereocenters.